The first-order chi connectivity index (χ1) is 12.6. The van der Waals surface area contributed by atoms with E-state index in [2.05, 4.69) is 38.1 Å². The zero-order valence-electron chi connectivity index (χ0n) is 15.6. The molecule has 4 rings (SSSR count). The lowest BCUT2D eigenvalue weighted by molar-refractivity contribution is -0.917. The summed E-state index contributed by atoms with van der Waals surface area (Å²) in [6.07, 6.45) is 2.04. The minimum atomic E-state index is 0.214. The Morgan fingerprint density at radius 2 is 2.08 bits per heavy atom. The smallest absolute Gasteiger partial charge is 0.264 e. The van der Waals surface area contributed by atoms with E-state index in [1.807, 2.05) is 4.90 Å². The number of benzene rings is 1. The molecule has 4 nitrogen and oxygen atoms in total. The second-order valence-corrected chi connectivity index (χ2v) is 8.47. The third-order valence-corrected chi connectivity index (χ3v) is 6.89. The van der Waals surface area contributed by atoms with Crippen molar-refractivity contribution in [2.75, 3.05) is 32.8 Å². The van der Waals surface area contributed by atoms with E-state index in [1.165, 1.54) is 21.6 Å². The van der Waals surface area contributed by atoms with Crippen molar-refractivity contribution in [3.63, 3.8) is 0 Å². The highest BCUT2D eigenvalue weighted by Gasteiger charge is 2.26. The first-order valence-electron chi connectivity index (χ1n) is 9.61. The molecule has 5 heteroatoms. The van der Waals surface area contributed by atoms with Crippen molar-refractivity contribution >= 4 is 17.2 Å². The lowest BCUT2D eigenvalue weighted by Gasteiger charge is -2.32. The largest absolute Gasteiger partial charge is 0.493 e. The Morgan fingerprint density at radius 1 is 1.27 bits per heavy atom. The minimum Gasteiger partial charge on any atom is -0.493 e. The van der Waals surface area contributed by atoms with Crippen molar-refractivity contribution in [1.82, 2.24) is 4.90 Å². The molecule has 2 aliphatic rings. The number of carbonyl (C=O) groups is 1. The molecule has 0 spiro atoms. The number of fused-ring (bicyclic) bond motifs is 1. The normalized spacial score (nSPS) is 17.2. The van der Waals surface area contributed by atoms with Crippen LogP contribution >= 0.6 is 11.3 Å². The summed E-state index contributed by atoms with van der Waals surface area (Å²) in [5.74, 6) is 1.27. The number of carbonyl (C=O) groups excluding carboxylic acids is 1. The van der Waals surface area contributed by atoms with Gasteiger partial charge in [-0.3, -0.25) is 4.79 Å². The molecule has 1 saturated heterocycles. The molecule has 1 N–H and O–H groups in total. The number of piperazine rings is 1. The van der Waals surface area contributed by atoms with Crippen LogP contribution in [0.15, 0.2) is 24.3 Å². The van der Waals surface area contributed by atoms with E-state index >= 15 is 0 Å². The van der Waals surface area contributed by atoms with Crippen LogP contribution in [0.1, 0.15) is 38.2 Å². The third-order valence-electron chi connectivity index (χ3n) is 5.52. The van der Waals surface area contributed by atoms with Crippen LogP contribution in [0.3, 0.4) is 0 Å². The Morgan fingerprint density at radius 3 is 2.81 bits per heavy atom. The van der Waals surface area contributed by atoms with Crippen molar-refractivity contribution in [1.29, 1.82) is 0 Å². The number of hydrogen-bond acceptors (Lipinski definition) is 3. The Balaban J connectivity index is 1.34. The average molecular weight is 372 g/mol. The molecule has 26 heavy (non-hydrogen) atoms. The van der Waals surface area contributed by atoms with Crippen molar-refractivity contribution < 1.29 is 14.4 Å². The molecule has 0 atom stereocenters. The van der Waals surface area contributed by atoms with Crippen molar-refractivity contribution in [2.24, 2.45) is 0 Å². The Kier molecular flexibility index (Phi) is 5.00. The summed E-state index contributed by atoms with van der Waals surface area (Å²) < 4.78 is 5.59. The van der Waals surface area contributed by atoms with Gasteiger partial charge in [0, 0.05) is 16.9 Å². The van der Waals surface area contributed by atoms with Crippen LogP contribution in [0, 0.1) is 6.92 Å². The van der Waals surface area contributed by atoms with Crippen LogP contribution in [-0.2, 0) is 19.4 Å². The van der Waals surface area contributed by atoms with Gasteiger partial charge in [-0.15, -0.1) is 11.3 Å². The molecule has 138 valence electrons. The van der Waals surface area contributed by atoms with Gasteiger partial charge in [0.1, 0.15) is 12.3 Å². The molecule has 0 saturated carbocycles. The summed E-state index contributed by atoms with van der Waals surface area (Å²) in [5, 5.41) is 0. The first kappa shape index (κ1) is 17.6. The molecule has 2 aliphatic heterocycles. The fraction of sp³-hybridized carbons (Fsp3) is 0.476. The maximum atomic E-state index is 12.8. The zero-order chi connectivity index (χ0) is 18.1. The van der Waals surface area contributed by atoms with Crippen LogP contribution < -0.4 is 9.64 Å². The third kappa shape index (κ3) is 3.51. The maximum Gasteiger partial charge on any atom is 0.264 e. The van der Waals surface area contributed by atoms with Crippen LogP contribution in [-0.4, -0.2) is 43.6 Å². The molecule has 0 bridgehead atoms. The highest BCUT2D eigenvalue weighted by molar-refractivity contribution is 7.14. The topological polar surface area (TPSA) is 34.0 Å². The molecule has 1 fully saturated rings. The number of rotatable bonds is 4. The minimum absolute atomic E-state index is 0.214. The van der Waals surface area contributed by atoms with E-state index in [9.17, 15) is 4.79 Å². The molecule has 1 aromatic carbocycles. The quantitative estimate of drug-likeness (QED) is 0.893. The maximum absolute atomic E-state index is 12.8. The summed E-state index contributed by atoms with van der Waals surface area (Å²) in [4.78, 5) is 18.6. The number of thiophene rings is 1. The molecule has 2 aromatic rings. The number of quaternary nitrogens is 1. The fourth-order valence-electron chi connectivity index (χ4n) is 3.97. The Hall–Kier alpha value is -1.85. The van der Waals surface area contributed by atoms with Gasteiger partial charge in [0.2, 0.25) is 0 Å². The zero-order valence-corrected chi connectivity index (χ0v) is 16.5. The summed E-state index contributed by atoms with van der Waals surface area (Å²) in [6, 6.07) is 8.67. The molecular weight excluding hydrogens is 344 g/mol. The number of ether oxygens (including phenoxy) is 1. The summed E-state index contributed by atoms with van der Waals surface area (Å²) in [6.45, 7) is 9.84. The van der Waals surface area contributed by atoms with Crippen LogP contribution in [0.4, 0.5) is 0 Å². The highest BCUT2D eigenvalue weighted by Crippen LogP contribution is 2.26. The van der Waals surface area contributed by atoms with E-state index in [-0.39, 0.29) is 5.91 Å². The van der Waals surface area contributed by atoms with Gasteiger partial charge in [0.05, 0.1) is 37.7 Å². The van der Waals surface area contributed by atoms with Gasteiger partial charge >= 0.3 is 0 Å². The molecule has 0 aliphatic carbocycles. The molecule has 0 radical (unpaired) electrons. The Bertz CT molecular complexity index is 806. The summed E-state index contributed by atoms with van der Waals surface area (Å²) in [5.41, 5.74) is 3.98. The predicted molar refractivity (Wildman–Crippen MR) is 104 cm³/mol. The lowest BCUT2D eigenvalue weighted by atomic mass is 10.1. The average Bonchev–Trinajstić information content (AvgIpc) is 3.27. The highest BCUT2D eigenvalue weighted by atomic mass is 32.1. The lowest BCUT2D eigenvalue weighted by Crippen LogP contribution is -3.13. The first-order valence-corrected chi connectivity index (χ1v) is 10.4. The van der Waals surface area contributed by atoms with E-state index in [0.29, 0.717) is 0 Å². The number of nitrogens with zero attached hydrogens (tertiary/aromatic N) is 1. The standard InChI is InChI=1S/C21H26N2O2S/c1-3-19-15(2)12-20(26-19)21(24)23-9-7-22(8-10-23)14-16-4-5-18-17(13-16)6-11-25-18/h4-5,12-13H,3,6-11,14H2,1-2H3/p+1. The van der Waals surface area contributed by atoms with Crippen molar-refractivity contribution in [3.8, 4) is 5.75 Å². The van der Waals surface area contributed by atoms with E-state index < -0.39 is 0 Å². The predicted octanol–water partition coefficient (Wildman–Crippen LogP) is 2.09. The number of nitrogens with one attached hydrogen (secondary N) is 1. The van der Waals surface area contributed by atoms with Crippen molar-refractivity contribution in [2.45, 2.75) is 33.2 Å². The summed E-state index contributed by atoms with van der Waals surface area (Å²) in [7, 11) is 0. The van der Waals surface area contributed by atoms with Crippen molar-refractivity contribution in [3.05, 3.63) is 50.7 Å². The van der Waals surface area contributed by atoms with Gasteiger partial charge in [0.15, 0.2) is 0 Å². The van der Waals surface area contributed by atoms with E-state index in [0.717, 1.165) is 62.8 Å². The Labute approximate surface area is 159 Å². The molecule has 1 aromatic heterocycles. The van der Waals surface area contributed by atoms with Gasteiger partial charge in [-0.2, -0.15) is 0 Å². The van der Waals surface area contributed by atoms with Gasteiger partial charge in [-0.25, -0.2) is 0 Å². The van der Waals surface area contributed by atoms with Gasteiger partial charge in [-0.1, -0.05) is 6.92 Å². The molecule has 0 unspecified atom stereocenters. The number of aryl methyl sites for hydroxylation is 2. The van der Waals surface area contributed by atoms with Gasteiger partial charge in [-0.05, 0) is 48.7 Å². The monoisotopic (exact) mass is 371 g/mol. The number of amides is 1. The van der Waals surface area contributed by atoms with E-state index in [4.69, 9.17) is 4.74 Å². The second-order valence-electron chi connectivity index (χ2n) is 7.33. The van der Waals surface area contributed by atoms with Gasteiger partial charge < -0.3 is 14.5 Å². The van der Waals surface area contributed by atoms with Gasteiger partial charge in [0.25, 0.3) is 5.91 Å². The summed E-state index contributed by atoms with van der Waals surface area (Å²) >= 11 is 1.67. The van der Waals surface area contributed by atoms with E-state index in [1.54, 1.807) is 16.2 Å². The van der Waals surface area contributed by atoms with Crippen LogP contribution in [0.25, 0.3) is 0 Å². The van der Waals surface area contributed by atoms with Crippen LogP contribution in [0.5, 0.6) is 5.75 Å². The number of hydrogen-bond donors (Lipinski definition) is 1. The molecule has 3 heterocycles. The SMILES string of the molecule is CCc1sc(C(=O)N2CC[NH+](Cc3ccc4c(c3)CCO4)CC2)cc1C. The fourth-order valence-corrected chi connectivity index (χ4v) is 5.06. The molecule has 1 amide bonds. The molecular formula is C21H27N2O2S+. The second kappa shape index (κ2) is 7.41. The van der Waals surface area contributed by atoms with Crippen LogP contribution in [0.2, 0.25) is 0 Å².